The van der Waals surface area contributed by atoms with E-state index in [1.54, 1.807) is 0 Å². The van der Waals surface area contributed by atoms with E-state index in [1.807, 2.05) is 0 Å². The van der Waals surface area contributed by atoms with E-state index in [2.05, 4.69) is 26.1 Å². The lowest BCUT2D eigenvalue weighted by Gasteiger charge is -2.14. The van der Waals surface area contributed by atoms with Crippen molar-refractivity contribution in [3.05, 3.63) is 22.8 Å². The molecule has 0 saturated heterocycles. The van der Waals surface area contributed by atoms with Crippen molar-refractivity contribution in [2.45, 2.75) is 71.8 Å². The molecule has 0 aromatic carbocycles. The molecule has 0 amide bonds. The Bertz CT molecular complexity index is 385. The fourth-order valence-electron chi connectivity index (χ4n) is 2.54. The predicted molar refractivity (Wildman–Crippen MR) is 79.5 cm³/mol. The molecule has 19 heavy (non-hydrogen) atoms. The fraction of sp³-hybridized carbons (Fsp3) is 0.750. The molecule has 1 heterocycles. The van der Waals surface area contributed by atoms with Gasteiger partial charge in [-0.2, -0.15) is 0 Å². The molecule has 0 unspecified atom stereocenters. The van der Waals surface area contributed by atoms with Gasteiger partial charge in [0.05, 0.1) is 0 Å². The Morgan fingerprint density at radius 1 is 1.00 bits per heavy atom. The van der Waals surface area contributed by atoms with Gasteiger partial charge in [0.15, 0.2) is 0 Å². The van der Waals surface area contributed by atoms with Crippen LogP contribution in [0.2, 0.25) is 0 Å². The lowest BCUT2D eigenvalue weighted by Crippen LogP contribution is -2.21. The highest BCUT2D eigenvalue weighted by atomic mass is 14.9. The standard InChI is InChI=1S/C16H27N3/c1-4-7-16-18-14(5-2)13(15(6-3)19-16)10-11-17-12-8-9-12/h12,17H,4-11H2,1-3H3. The van der Waals surface area contributed by atoms with Gasteiger partial charge in [0.1, 0.15) is 5.82 Å². The Balaban J connectivity index is 2.12. The van der Waals surface area contributed by atoms with Crippen molar-refractivity contribution in [1.29, 1.82) is 0 Å². The Morgan fingerprint density at radius 2 is 1.63 bits per heavy atom. The van der Waals surface area contributed by atoms with E-state index < -0.39 is 0 Å². The van der Waals surface area contributed by atoms with Crippen molar-refractivity contribution in [1.82, 2.24) is 15.3 Å². The molecule has 1 saturated carbocycles. The summed E-state index contributed by atoms with van der Waals surface area (Å²) in [5.74, 6) is 1.04. The van der Waals surface area contributed by atoms with Gasteiger partial charge in [-0.15, -0.1) is 0 Å². The van der Waals surface area contributed by atoms with Crippen LogP contribution in [0, 0.1) is 0 Å². The SMILES string of the molecule is CCCc1nc(CC)c(CCNC2CC2)c(CC)n1. The topological polar surface area (TPSA) is 37.8 Å². The van der Waals surface area contributed by atoms with Gasteiger partial charge in [-0.05, 0) is 50.6 Å². The molecular weight excluding hydrogens is 234 g/mol. The van der Waals surface area contributed by atoms with Gasteiger partial charge < -0.3 is 5.32 Å². The van der Waals surface area contributed by atoms with E-state index in [9.17, 15) is 0 Å². The summed E-state index contributed by atoms with van der Waals surface area (Å²) < 4.78 is 0. The monoisotopic (exact) mass is 261 g/mol. The van der Waals surface area contributed by atoms with Crippen LogP contribution in [0.4, 0.5) is 0 Å². The van der Waals surface area contributed by atoms with Crippen LogP contribution in [0.25, 0.3) is 0 Å². The molecule has 1 aromatic rings. The minimum absolute atomic E-state index is 0.787. The third-order valence-corrected chi connectivity index (χ3v) is 3.75. The summed E-state index contributed by atoms with van der Waals surface area (Å²) in [4.78, 5) is 9.53. The first-order chi connectivity index (χ1) is 9.28. The van der Waals surface area contributed by atoms with Crippen LogP contribution >= 0.6 is 0 Å². The number of rotatable bonds is 8. The number of aryl methyl sites for hydroxylation is 3. The molecule has 0 radical (unpaired) electrons. The fourth-order valence-corrected chi connectivity index (χ4v) is 2.54. The number of aromatic nitrogens is 2. The van der Waals surface area contributed by atoms with Gasteiger partial charge >= 0.3 is 0 Å². The second kappa shape index (κ2) is 6.99. The van der Waals surface area contributed by atoms with Crippen LogP contribution in [0.15, 0.2) is 0 Å². The Kier molecular flexibility index (Phi) is 5.32. The van der Waals surface area contributed by atoms with Crippen LogP contribution < -0.4 is 5.32 Å². The van der Waals surface area contributed by atoms with Crippen LogP contribution in [0.3, 0.4) is 0 Å². The maximum Gasteiger partial charge on any atom is 0.128 e. The molecule has 1 N–H and O–H groups in total. The van der Waals surface area contributed by atoms with Gasteiger partial charge in [0.2, 0.25) is 0 Å². The van der Waals surface area contributed by atoms with Crippen molar-refractivity contribution < 1.29 is 0 Å². The average Bonchev–Trinajstić information content (AvgIpc) is 3.24. The summed E-state index contributed by atoms with van der Waals surface area (Å²) in [5.41, 5.74) is 3.94. The first kappa shape index (κ1) is 14.4. The highest BCUT2D eigenvalue weighted by Crippen LogP contribution is 2.19. The minimum atomic E-state index is 0.787. The summed E-state index contributed by atoms with van der Waals surface area (Å²) in [6.45, 7) is 7.67. The van der Waals surface area contributed by atoms with E-state index in [0.717, 1.165) is 50.5 Å². The molecule has 1 fully saturated rings. The minimum Gasteiger partial charge on any atom is -0.314 e. The van der Waals surface area contributed by atoms with E-state index in [4.69, 9.17) is 9.97 Å². The third kappa shape index (κ3) is 4.00. The molecule has 0 spiro atoms. The zero-order chi connectivity index (χ0) is 13.7. The zero-order valence-corrected chi connectivity index (χ0v) is 12.6. The van der Waals surface area contributed by atoms with Gasteiger partial charge in [-0.1, -0.05) is 20.8 Å². The summed E-state index contributed by atoms with van der Waals surface area (Å²) in [7, 11) is 0. The Hall–Kier alpha value is -0.960. The van der Waals surface area contributed by atoms with Gasteiger partial charge in [0.25, 0.3) is 0 Å². The second-order valence-electron chi connectivity index (χ2n) is 5.45. The van der Waals surface area contributed by atoms with E-state index in [0.29, 0.717) is 0 Å². The third-order valence-electron chi connectivity index (χ3n) is 3.75. The summed E-state index contributed by atoms with van der Waals surface area (Å²) in [6.07, 6.45) is 7.95. The van der Waals surface area contributed by atoms with Crippen molar-refractivity contribution >= 4 is 0 Å². The molecule has 0 aliphatic heterocycles. The number of nitrogens with zero attached hydrogens (tertiary/aromatic N) is 2. The molecule has 1 aromatic heterocycles. The van der Waals surface area contributed by atoms with Gasteiger partial charge in [-0.3, -0.25) is 0 Å². The first-order valence-corrected chi connectivity index (χ1v) is 7.89. The predicted octanol–water partition coefficient (Wildman–Crippen LogP) is 2.85. The maximum absolute atomic E-state index is 4.76. The van der Waals surface area contributed by atoms with Crippen molar-refractivity contribution in [3.8, 4) is 0 Å². The summed E-state index contributed by atoms with van der Waals surface area (Å²) in [5, 5.41) is 3.59. The van der Waals surface area contributed by atoms with E-state index in [1.165, 1.54) is 29.8 Å². The number of nitrogens with one attached hydrogen (secondary N) is 1. The molecule has 106 valence electrons. The Morgan fingerprint density at radius 3 is 2.11 bits per heavy atom. The number of hydrogen-bond donors (Lipinski definition) is 1. The van der Waals surface area contributed by atoms with E-state index >= 15 is 0 Å². The van der Waals surface area contributed by atoms with Gasteiger partial charge in [-0.25, -0.2) is 9.97 Å². The molecule has 2 rings (SSSR count). The van der Waals surface area contributed by atoms with Crippen molar-refractivity contribution in [2.75, 3.05) is 6.54 Å². The molecule has 1 aliphatic rings. The zero-order valence-electron chi connectivity index (χ0n) is 12.6. The smallest absolute Gasteiger partial charge is 0.128 e. The van der Waals surface area contributed by atoms with Crippen molar-refractivity contribution in [2.24, 2.45) is 0 Å². The van der Waals surface area contributed by atoms with Crippen LogP contribution in [0.5, 0.6) is 0 Å². The van der Waals surface area contributed by atoms with Crippen LogP contribution in [0.1, 0.15) is 62.8 Å². The highest BCUT2D eigenvalue weighted by molar-refractivity contribution is 5.27. The highest BCUT2D eigenvalue weighted by Gasteiger charge is 2.20. The molecule has 0 atom stereocenters. The van der Waals surface area contributed by atoms with E-state index in [-0.39, 0.29) is 0 Å². The molecule has 3 nitrogen and oxygen atoms in total. The second-order valence-corrected chi connectivity index (χ2v) is 5.45. The average molecular weight is 261 g/mol. The molecule has 0 bridgehead atoms. The normalized spacial score (nSPS) is 14.9. The largest absolute Gasteiger partial charge is 0.314 e. The summed E-state index contributed by atoms with van der Waals surface area (Å²) >= 11 is 0. The molecular formula is C16H27N3. The summed E-state index contributed by atoms with van der Waals surface area (Å²) in [6, 6.07) is 0.787. The number of hydrogen-bond acceptors (Lipinski definition) is 3. The molecule has 1 aliphatic carbocycles. The molecule has 3 heteroatoms. The van der Waals surface area contributed by atoms with Crippen LogP contribution in [-0.2, 0) is 25.7 Å². The van der Waals surface area contributed by atoms with Crippen LogP contribution in [-0.4, -0.2) is 22.6 Å². The Labute approximate surface area is 117 Å². The quantitative estimate of drug-likeness (QED) is 0.782. The lowest BCUT2D eigenvalue weighted by atomic mass is 10.0. The maximum atomic E-state index is 4.76. The lowest BCUT2D eigenvalue weighted by molar-refractivity contribution is 0.667. The van der Waals surface area contributed by atoms with Crippen molar-refractivity contribution in [3.63, 3.8) is 0 Å². The first-order valence-electron chi connectivity index (χ1n) is 7.89. The van der Waals surface area contributed by atoms with Gasteiger partial charge in [0, 0.05) is 23.9 Å².